The van der Waals surface area contributed by atoms with Crippen LogP contribution < -0.4 is 5.32 Å². The van der Waals surface area contributed by atoms with Crippen molar-refractivity contribution in [2.24, 2.45) is 5.92 Å². The molecule has 0 saturated heterocycles. The molecule has 1 atom stereocenters. The average molecular weight is 265 g/mol. The minimum Gasteiger partial charge on any atom is -0.314 e. The van der Waals surface area contributed by atoms with E-state index in [0.29, 0.717) is 6.04 Å². The zero-order valence-electron chi connectivity index (χ0n) is 11.7. The molecule has 2 heteroatoms. The molecule has 1 aromatic heterocycles. The van der Waals surface area contributed by atoms with Crippen LogP contribution in [-0.2, 0) is 6.42 Å². The van der Waals surface area contributed by atoms with E-state index in [1.54, 1.807) is 0 Å². The Labute approximate surface area is 116 Å². The van der Waals surface area contributed by atoms with Gasteiger partial charge in [-0.1, -0.05) is 39.0 Å². The van der Waals surface area contributed by atoms with Gasteiger partial charge in [0, 0.05) is 6.04 Å². The smallest absolute Gasteiger partial charge is 0.0108 e. The van der Waals surface area contributed by atoms with Crippen LogP contribution in [-0.4, -0.2) is 12.6 Å². The molecule has 0 spiro atoms. The SMILES string of the molecule is CCNC(CCC1CCCCC1)Cc1ccsc1. The first-order valence-electron chi connectivity index (χ1n) is 7.63. The average Bonchev–Trinajstić information content (AvgIpc) is 2.90. The largest absolute Gasteiger partial charge is 0.314 e. The molecule has 1 aromatic rings. The number of hydrogen-bond donors (Lipinski definition) is 1. The van der Waals surface area contributed by atoms with Gasteiger partial charge in [0.2, 0.25) is 0 Å². The van der Waals surface area contributed by atoms with E-state index in [0.717, 1.165) is 12.5 Å². The van der Waals surface area contributed by atoms with Crippen molar-refractivity contribution >= 4 is 11.3 Å². The van der Waals surface area contributed by atoms with Crippen LogP contribution in [0.1, 0.15) is 57.4 Å². The molecule has 0 aromatic carbocycles. The molecule has 0 amide bonds. The van der Waals surface area contributed by atoms with E-state index >= 15 is 0 Å². The molecule has 1 saturated carbocycles. The van der Waals surface area contributed by atoms with Gasteiger partial charge >= 0.3 is 0 Å². The maximum atomic E-state index is 3.67. The fourth-order valence-corrected chi connectivity index (χ4v) is 3.85. The normalized spacial score (nSPS) is 18.9. The first-order chi connectivity index (χ1) is 8.88. The highest BCUT2D eigenvalue weighted by molar-refractivity contribution is 7.07. The van der Waals surface area contributed by atoms with E-state index in [1.807, 2.05) is 11.3 Å². The van der Waals surface area contributed by atoms with Crippen LogP contribution in [0.15, 0.2) is 16.8 Å². The third-order valence-corrected chi connectivity index (χ3v) is 4.94. The molecule has 0 aliphatic heterocycles. The molecule has 1 heterocycles. The van der Waals surface area contributed by atoms with Gasteiger partial charge < -0.3 is 5.32 Å². The predicted molar refractivity (Wildman–Crippen MR) is 81.3 cm³/mol. The van der Waals surface area contributed by atoms with Gasteiger partial charge in [0.05, 0.1) is 0 Å². The van der Waals surface area contributed by atoms with Crippen LogP contribution >= 0.6 is 11.3 Å². The summed E-state index contributed by atoms with van der Waals surface area (Å²) in [6, 6.07) is 2.96. The summed E-state index contributed by atoms with van der Waals surface area (Å²) in [4.78, 5) is 0. The molecular weight excluding hydrogens is 238 g/mol. The Bertz CT molecular complexity index is 301. The first kappa shape index (κ1) is 14.1. The highest BCUT2D eigenvalue weighted by Crippen LogP contribution is 2.28. The Balaban J connectivity index is 1.74. The van der Waals surface area contributed by atoms with Crippen LogP contribution in [0, 0.1) is 5.92 Å². The molecule has 1 nitrogen and oxygen atoms in total. The highest BCUT2D eigenvalue weighted by atomic mass is 32.1. The Kier molecular flexibility index (Phi) is 6.22. The molecule has 102 valence electrons. The third-order valence-electron chi connectivity index (χ3n) is 4.20. The van der Waals surface area contributed by atoms with Crippen molar-refractivity contribution < 1.29 is 0 Å². The van der Waals surface area contributed by atoms with E-state index < -0.39 is 0 Å². The fraction of sp³-hybridized carbons (Fsp3) is 0.750. The molecule has 0 radical (unpaired) electrons. The van der Waals surface area contributed by atoms with Gasteiger partial charge in [0.25, 0.3) is 0 Å². The van der Waals surface area contributed by atoms with E-state index in [1.165, 1.54) is 56.9 Å². The van der Waals surface area contributed by atoms with Gasteiger partial charge in [-0.3, -0.25) is 0 Å². The molecule has 0 bridgehead atoms. The summed E-state index contributed by atoms with van der Waals surface area (Å²) in [6.45, 7) is 3.32. The van der Waals surface area contributed by atoms with Gasteiger partial charge in [-0.05, 0) is 54.1 Å². The Morgan fingerprint density at radius 1 is 1.33 bits per heavy atom. The van der Waals surface area contributed by atoms with E-state index in [4.69, 9.17) is 0 Å². The quantitative estimate of drug-likeness (QED) is 0.758. The van der Waals surface area contributed by atoms with Gasteiger partial charge in [-0.25, -0.2) is 0 Å². The number of rotatable bonds is 7. The monoisotopic (exact) mass is 265 g/mol. The molecule has 1 aliphatic rings. The van der Waals surface area contributed by atoms with Crippen molar-refractivity contribution in [2.45, 2.75) is 64.3 Å². The summed E-state index contributed by atoms with van der Waals surface area (Å²) >= 11 is 1.82. The molecule has 1 aliphatic carbocycles. The lowest BCUT2D eigenvalue weighted by Crippen LogP contribution is -2.31. The van der Waals surface area contributed by atoms with E-state index in [2.05, 4.69) is 29.1 Å². The summed E-state index contributed by atoms with van der Waals surface area (Å²) in [7, 11) is 0. The second-order valence-electron chi connectivity index (χ2n) is 5.67. The summed E-state index contributed by atoms with van der Waals surface area (Å²) in [5.74, 6) is 1.02. The Hall–Kier alpha value is -0.340. The molecule has 2 rings (SSSR count). The molecule has 1 unspecified atom stereocenters. The van der Waals surface area contributed by atoms with Crippen molar-refractivity contribution in [1.29, 1.82) is 0 Å². The maximum Gasteiger partial charge on any atom is 0.0108 e. The van der Waals surface area contributed by atoms with Crippen molar-refractivity contribution in [3.05, 3.63) is 22.4 Å². The lowest BCUT2D eigenvalue weighted by Gasteiger charge is -2.24. The summed E-state index contributed by atoms with van der Waals surface area (Å²) in [6.07, 6.45) is 11.4. The van der Waals surface area contributed by atoms with Crippen LogP contribution in [0.4, 0.5) is 0 Å². The molecule has 1 N–H and O–H groups in total. The van der Waals surface area contributed by atoms with Gasteiger partial charge in [-0.15, -0.1) is 0 Å². The van der Waals surface area contributed by atoms with E-state index in [9.17, 15) is 0 Å². The van der Waals surface area contributed by atoms with Gasteiger partial charge in [0.1, 0.15) is 0 Å². The van der Waals surface area contributed by atoms with E-state index in [-0.39, 0.29) is 0 Å². The second kappa shape index (κ2) is 7.96. The minimum absolute atomic E-state index is 0.687. The Morgan fingerprint density at radius 3 is 2.83 bits per heavy atom. The summed E-state index contributed by atoms with van der Waals surface area (Å²) in [5.41, 5.74) is 1.51. The van der Waals surface area contributed by atoms with Crippen LogP contribution in [0.5, 0.6) is 0 Å². The van der Waals surface area contributed by atoms with Crippen molar-refractivity contribution in [3.63, 3.8) is 0 Å². The lowest BCUT2D eigenvalue weighted by molar-refractivity contribution is 0.313. The predicted octanol–water partition coefficient (Wildman–Crippen LogP) is 4.63. The minimum atomic E-state index is 0.687. The zero-order chi connectivity index (χ0) is 12.6. The van der Waals surface area contributed by atoms with Crippen LogP contribution in [0.3, 0.4) is 0 Å². The highest BCUT2D eigenvalue weighted by Gasteiger charge is 2.16. The zero-order valence-corrected chi connectivity index (χ0v) is 12.5. The van der Waals surface area contributed by atoms with Crippen LogP contribution in [0.2, 0.25) is 0 Å². The molecule has 1 fully saturated rings. The number of thiophene rings is 1. The van der Waals surface area contributed by atoms with Crippen LogP contribution in [0.25, 0.3) is 0 Å². The third kappa shape index (κ3) is 4.74. The van der Waals surface area contributed by atoms with Gasteiger partial charge in [0.15, 0.2) is 0 Å². The molecular formula is C16H27NS. The second-order valence-corrected chi connectivity index (χ2v) is 6.45. The number of hydrogen-bond acceptors (Lipinski definition) is 2. The standard InChI is InChI=1S/C16H27NS/c1-2-17-16(12-15-10-11-18-13-15)9-8-14-6-4-3-5-7-14/h10-11,13-14,16-17H,2-9,12H2,1H3. The Morgan fingerprint density at radius 2 is 2.17 bits per heavy atom. The van der Waals surface area contributed by atoms with Crippen molar-refractivity contribution in [2.75, 3.05) is 6.54 Å². The van der Waals surface area contributed by atoms with Crippen molar-refractivity contribution in [3.8, 4) is 0 Å². The fourth-order valence-electron chi connectivity index (χ4n) is 3.17. The lowest BCUT2D eigenvalue weighted by atomic mass is 9.84. The number of likely N-dealkylation sites (N-methyl/N-ethyl adjacent to an activating group) is 1. The maximum absolute atomic E-state index is 3.67. The van der Waals surface area contributed by atoms with Crippen molar-refractivity contribution in [1.82, 2.24) is 5.32 Å². The van der Waals surface area contributed by atoms with Gasteiger partial charge in [-0.2, -0.15) is 11.3 Å². The number of nitrogens with one attached hydrogen (secondary N) is 1. The summed E-state index contributed by atoms with van der Waals surface area (Å²) in [5, 5.41) is 8.16. The first-order valence-corrected chi connectivity index (χ1v) is 8.57. The topological polar surface area (TPSA) is 12.0 Å². The molecule has 18 heavy (non-hydrogen) atoms. The summed E-state index contributed by atoms with van der Waals surface area (Å²) < 4.78 is 0.